The number of carbonyl (C=O) groups excluding carboxylic acids is 2. The Labute approximate surface area is 183 Å². The Morgan fingerprint density at radius 2 is 1.83 bits per heavy atom. The minimum atomic E-state index is -0.390. The first-order chi connectivity index (χ1) is 14.1. The SMILES string of the molecule is Cl.N#C[C@@H]1CCCN1C(=O)CNC1C[C@@H]2CC(OC(=O)Nc3ccccc3)C[C@@H]2C1. The molecule has 1 saturated heterocycles. The van der Waals surface area contributed by atoms with Crippen LogP contribution in [0.25, 0.3) is 0 Å². The Morgan fingerprint density at radius 1 is 1.13 bits per heavy atom. The number of carbonyl (C=O) groups is 2. The van der Waals surface area contributed by atoms with Gasteiger partial charge in [0.2, 0.25) is 5.91 Å². The van der Waals surface area contributed by atoms with Gasteiger partial charge in [-0.25, -0.2) is 4.79 Å². The summed E-state index contributed by atoms with van der Waals surface area (Å²) >= 11 is 0. The molecule has 0 radical (unpaired) electrons. The van der Waals surface area contributed by atoms with Crippen LogP contribution in [0.1, 0.15) is 38.5 Å². The van der Waals surface area contributed by atoms with Crippen LogP contribution in [0.15, 0.2) is 30.3 Å². The molecule has 2 saturated carbocycles. The fraction of sp³-hybridized carbons (Fsp3) is 0.591. The predicted octanol–water partition coefficient (Wildman–Crippen LogP) is 3.32. The summed E-state index contributed by atoms with van der Waals surface area (Å²) in [5.74, 6) is 1.11. The first-order valence-corrected chi connectivity index (χ1v) is 10.6. The number of hydrogen-bond donors (Lipinski definition) is 2. The highest BCUT2D eigenvalue weighted by atomic mass is 35.5. The first-order valence-electron chi connectivity index (χ1n) is 10.6. The van der Waals surface area contributed by atoms with Crippen molar-refractivity contribution in [1.29, 1.82) is 5.26 Å². The zero-order chi connectivity index (χ0) is 20.2. The molecule has 7 nitrogen and oxygen atoms in total. The number of nitriles is 1. The molecule has 0 bridgehead atoms. The van der Waals surface area contributed by atoms with Gasteiger partial charge in [-0.15, -0.1) is 12.4 Å². The monoisotopic (exact) mass is 432 g/mol. The van der Waals surface area contributed by atoms with Crippen molar-refractivity contribution in [3.8, 4) is 6.07 Å². The molecule has 3 aliphatic rings. The molecule has 2 amide bonds. The third-order valence-electron chi connectivity index (χ3n) is 6.53. The van der Waals surface area contributed by atoms with Crippen LogP contribution in [-0.4, -0.2) is 48.2 Å². The van der Waals surface area contributed by atoms with Gasteiger partial charge in [-0.05, 0) is 62.5 Å². The maximum Gasteiger partial charge on any atom is 0.411 e. The number of rotatable bonds is 5. The van der Waals surface area contributed by atoms with Crippen molar-refractivity contribution in [1.82, 2.24) is 10.2 Å². The summed E-state index contributed by atoms with van der Waals surface area (Å²) in [6, 6.07) is 11.6. The Balaban J connectivity index is 0.00000256. The van der Waals surface area contributed by atoms with Gasteiger partial charge in [0.05, 0.1) is 12.6 Å². The molecule has 1 aliphatic heterocycles. The van der Waals surface area contributed by atoms with E-state index in [-0.39, 0.29) is 36.6 Å². The number of nitrogens with one attached hydrogen (secondary N) is 2. The Kier molecular flexibility index (Phi) is 7.57. The highest BCUT2D eigenvalue weighted by molar-refractivity contribution is 5.85. The molecular formula is C22H29ClN4O3. The van der Waals surface area contributed by atoms with Crippen LogP contribution in [0.4, 0.5) is 10.5 Å². The van der Waals surface area contributed by atoms with Crippen LogP contribution >= 0.6 is 12.4 Å². The zero-order valence-corrected chi connectivity index (χ0v) is 17.8. The molecule has 5 atom stereocenters. The Hall–Kier alpha value is -2.30. The van der Waals surface area contributed by atoms with Gasteiger partial charge in [-0.3, -0.25) is 10.1 Å². The number of amides is 2. The number of benzene rings is 1. The number of likely N-dealkylation sites (tertiary alicyclic amines) is 1. The lowest BCUT2D eigenvalue weighted by Gasteiger charge is -2.22. The Morgan fingerprint density at radius 3 is 2.50 bits per heavy atom. The second kappa shape index (κ2) is 10.1. The van der Waals surface area contributed by atoms with Crippen LogP contribution in [0.3, 0.4) is 0 Å². The molecule has 162 valence electrons. The smallest absolute Gasteiger partial charge is 0.411 e. The summed E-state index contributed by atoms with van der Waals surface area (Å²) in [6.45, 7) is 1.00. The minimum absolute atomic E-state index is 0. The number of anilines is 1. The van der Waals surface area contributed by atoms with E-state index in [0.29, 0.717) is 31.0 Å². The summed E-state index contributed by atoms with van der Waals surface area (Å²) < 4.78 is 5.61. The summed E-state index contributed by atoms with van der Waals surface area (Å²) in [7, 11) is 0. The molecule has 1 aromatic carbocycles. The maximum atomic E-state index is 12.4. The topological polar surface area (TPSA) is 94.5 Å². The van der Waals surface area contributed by atoms with Gasteiger partial charge in [0.15, 0.2) is 0 Å². The second-order valence-corrected chi connectivity index (χ2v) is 8.43. The molecule has 3 fully saturated rings. The Bertz CT molecular complexity index is 770. The van der Waals surface area contributed by atoms with E-state index in [1.165, 1.54) is 0 Å². The number of nitrogens with zero attached hydrogens (tertiary/aromatic N) is 2. The highest BCUT2D eigenvalue weighted by Gasteiger charge is 2.43. The van der Waals surface area contributed by atoms with E-state index in [9.17, 15) is 9.59 Å². The molecule has 2 unspecified atom stereocenters. The number of para-hydroxylation sites is 1. The summed E-state index contributed by atoms with van der Waals surface area (Å²) in [6.07, 6.45) is 5.09. The highest BCUT2D eigenvalue weighted by Crippen LogP contribution is 2.45. The van der Waals surface area contributed by atoms with E-state index in [1.54, 1.807) is 4.90 Å². The van der Waals surface area contributed by atoms with Gasteiger partial charge in [0.1, 0.15) is 12.1 Å². The first kappa shape index (κ1) is 22.4. The summed E-state index contributed by atoms with van der Waals surface area (Å²) in [5.41, 5.74) is 0.737. The average Bonchev–Trinajstić information content (AvgIpc) is 3.41. The molecule has 30 heavy (non-hydrogen) atoms. The summed E-state index contributed by atoms with van der Waals surface area (Å²) in [4.78, 5) is 26.2. The van der Waals surface area contributed by atoms with E-state index in [2.05, 4.69) is 16.7 Å². The third kappa shape index (κ3) is 5.24. The fourth-order valence-corrected chi connectivity index (χ4v) is 5.18. The lowest BCUT2D eigenvalue weighted by Crippen LogP contribution is -2.43. The fourth-order valence-electron chi connectivity index (χ4n) is 5.18. The molecule has 2 N–H and O–H groups in total. The van der Waals surface area contributed by atoms with Crippen LogP contribution < -0.4 is 10.6 Å². The van der Waals surface area contributed by atoms with E-state index >= 15 is 0 Å². The van der Waals surface area contributed by atoms with Gasteiger partial charge in [-0.1, -0.05) is 18.2 Å². The predicted molar refractivity (Wildman–Crippen MR) is 115 cm³/mol. The molecule has 0 spiro atoms. The lowest BCUT2D eigenvalue weighted by atomic mass is 10.0. The number of fused-ring (bicyclic) bond motifs is 1. The quantitative estimate of drug-likeness (QED) is 0.744. The van der Waals surface area contributed by atoms with Gasteiger partial charge < -0.3 is 15.0 Å². The van der Waals surface area contributed by atoms with Crippen molar-refractivity contribution in [3.05, 3.63) is 30.3 Å². The van der Waals surface area contributed by atoms with E-state index < -0.39 is 0 Å². The third-order valence-corrected chi connectivity index (χ3v) is 6.53. The van der Waals surface area contributed by atoms with Crippen molar-refractivity contribution in [2.24, 2.45) is 11.8 Å². The molecule has 2 aliphatic carbocycles. The van der Waals surface area contributed by atoms with Crippen molar-refractivity contribution < 1.29 is 14.3 Å². The van der Waals surface area contributed by atoms with Crippen molar-refractivity contribution in [2.75, 3.05) is 18.4 Å². The second-order valence-electron chi connectivity index (χ2n) is 8.43. The number of hydrogen-bond acceptors (Lipinski definition) is 5. The van der Waals surface area contributed by atoms with Gasteiger partial charge in [-0.2, -0.15) is 5.26 Å². The zero-order valence-electron chi connectivity index (χ0n) is 17.0. The molecule has 1 heterocycles. The van der Waals surface area contributed by atoms with Crippen LogP contribution in [0.2, 0.25) is 0 Å². The maximum absolute atomic E-state index is 12.4. The van der Waals surface area contributed by atoms with E-state index in [1.807, 2.05) is 30.3 Å². The van der Waals surface area contributed by atoms with Crippen LogP contribution in [-0.2, 0) is 9.53 Å². The summed E-state index contributed by atoms with van der Waals surface area (Å²) in [5, 5.41) is 15.3. The van der Waals surface area contributed by atoms with E-state index in [4.69, 9.17) is 10.00 Å². The molecular weight excluding hydrogens is 404 g/mol. The number of halogens is 1. The number of ether oxygens (including phenoxy) is 1. The van der Waals surface area contributed by atoms with Crippen molar-refractivity contribution in [2.45, 2.75) is 56.7 Å². The molecule has 8 heteroatoms. The molecule has 1 aromatic rings. The normalized spacial score (nSPS) is 29.6. The van der Waals surface area contributed by atoms with Crippen molar-refractivity contribution >= 4 is 30.1 Å². The van der Waals surface area contributed by atoms with Crippen molar-refractivity contribution in [3.63, 3.8) is 0 Å². The van der Waals surface area contributed by atoms with E-state index in [0.717, 1.165) is 44.2 Å². The lowest BCUT2D eigenvalue weighted by molar-refractivity contribution is -0.130. The van der Waals surface area contributed by atoms with Gasteiger partial charge in [0, 0.05) is 18.3 Å². The molecule has 4 rings (SSSR count). The van der Waals surface area contributed by atoms with Crippen LogP contribution in [0.5, 0.6) is 0 Å². The van der Waals surface area contributed by atoms with Gasteiger partial charge in [0.25, 0.3) is 0 Å². The standard InChI is InChI=1S/C22H28N4O3.ClH/c23-13-19-7-4-8-26(19)21(27)14-24-18-9-15-11-20(12-16(15)10-18)29-22(28)25-17-5-2-1-3-6-17;/h1-3,5-6,15-16,18-20,24H,4,7-12,14H2,(H,25,28);1H/t15-,16+,18?,19-,20?;/m0./s1. The molecule has 0 aromatic heterocycles. The largest absolute Gasteiger partial charge is 0.446 e. The minimum Gasteiger partial charge on any atom is -0.446 e. The van der Waals surface area contributed by atoms with Gasteiger partial charge >= 0.3 is 6.09 Å². The van der Waals surface area contributed by atoms with Crippen LogP contribution in [0, 0.1) is 23.2 Å². The average molecular weight is 433 g/mol.